The van der Waals surface area contributed by atoms with E-state index in [1.54, 1.807) is 0 Å². The molecule has 0 atom stereocenters. The fourth-order valence-electron chi connectivity index (χ4n) is 1.54. The van der Waals surface area contributed by atoms with Crippen LogP contribution in [0.25, 0.3) is 11.5 Å². The first-order valence-electron chi connectivity index (χ1n) is 5.63. The molecule has 0 unspecified atom stereocenters. The van der Waals surface area contributed by atoms with Crippen molar-refractivity contribution in [1.29, 1.82) is 0 Å². The molecule has 0 saturated heterocycles. The summed E-state index contributed by atoms with van der Waals surface area (Å²) in [4.78, 5) is 0. The fourth-order valence-corrected chi connectivity index (χ4v) is 1.71. The predicted molar refractivity (Wildman–Crippen MR) is 66.9 cm³/mol. The topological polar surface area (TPSA) is 51.0 Å². The van der Waals surface area contributed by atoms with Crippen LogP contribution in [0.2, 0.25) is 5.02 Å². The van der Waals surface area contributed by atoms with Crippen LogP contribution in [-0.4, -0.2) is 23.8 Å². The maximum Gasteiger partial charge on any atom is 0.250 e. The molecule has 6 heteroatoms. The molecule has 1 aromatic heterocycles. The molecule has 4 nitrogen and oxygen atoms in total. The SMILES string of the molecule is CNCCCc1nnc(-c2cc(Cl)ccc2F)o1. The first-order chi connectivity index (χ1) is 8.70. The highest BCUT2D eigenvalue weighted by Crippen LogP contribution is 2.25. The largest absolute Gasteiger partial charge is 0.421 e. The Hall–Kier alpha value is -1.46. The Morgan fingerprint density at radius 1 is 1.39 bits per heavy atom. The number of aromatic nitrogens is 2. The number of halogens is 2. The van der Waals surface area contributed by atoms with Crippen molar-refractivity contribution in [3.8, 4) is 11.5 Å². The van der Waals surface area contributed by atoms with Gasteiger partial charge < -0.3 is 9.73 Å². The Morgan fingerprint density at radius 2 is 2.22 bits per heavy atom. The second-order valence-electron chi connectivity index (χ2n) is 3.83. The summed E-state index contributed by atoms with van der Waals surface area (Å²) in [5.74, 6) is 0.235. The van der Waals surface area contributed by atoms with Crippen molar-refractivity contribution < 1.29 is 8.81 Å². The number of hydrogen-bond donors (Lipinski definition) is 1. The standard InChI is InChI=1S/C12H13ClFN3O/c1-15-6-2-3-11-16-17-12(18-11)9-7-8(13)4-5-10(9)14/h4-5,7,15H,2-3,6H2,1H3. The van der Waals surface area contributed by atoms with Gasteiger partial charge in [-0.2, -0.15) is 0 Å². The van der Waals surface area contributed by atoms with Crippen molar-refractivity contribution in [3.05, 3.63) is 34.9 Å². The number of nitrogens with one attached hydrogen (secondary N) is 1. The van der Waals surface area contributed by atoms with Gasteiger partial charge in [0.1, 0.15) is 5.82 Å². The van der Waals surface area contributed by atoms with E-state index in [1.807, 2.05) is 7.05 Å². The Morgan fingerprint density at radius 3 is 3.00 bits per heavy atom. The summed E-state index contributed by atoms with van der Waals surface area (Å²) >= 11 is 5.81. The molecule has 0 aliphatic heterocycles. The summed E-state index contributed by atoms with van der Waals surface area (Å²) in [6.45, 7) is 0.864. The lowest BCUT2D eigenvalue weighted by atomic mass is 10.2. The van der Waals surface area contributed by atoms with E-state index >= 15 is 0 Å². The lowest BCUT2D eigenvalue weighted by molar-refractivity contribution is 0.491. The third kappa shape index (κ3) is 3.05. The Kier molecular flexibility index (Phi) is 4.28. The van der Waals surface area contributed by atoms with Gasteiger partial charge in [-0.25, -0.2) is 4.39 Å². The summed E-state index contributed by atoms with van der Waals surface area (Å²) in [5, 5.41) is 11.2. The van der Waals surface area contributed by atoms with Crippen LogP contribution >= 0.6 is 11.6 Å². The highest BCUT2D eigenvalue weighted by molar-refractivity contribution is 6.30. The van der Waals surface area contributed by atoms with Gasteiger partial charge in [0.15, 0.2) is 0 Å². The lowest BCUT2D eigenvalue weighted by Crippen LogP contribution is -2.08. The summed E-state index contributed by atoms with van der Waals surface area (Å²) in [6.07, 6.45) is 1.55. The minimum Gasteiger partial charge on any atom is -0.421 e. The molecule has 0 saturated carbocycles. The molecule has 0 fully saturated rings. The number of rotatable bonds is 5. The predicted octanol–water partition coefficient (Wildman–Crippen LogP) is 2.68. The molecular weight excluding hydrogens is 257 g/mol. The van der Waals surface area contributed by atoms with Crippen molar-refractivity contribution in [2.45, 2.75) is 12.8 Å². The molecule has 96 valence electrons. The fraction of sp³-hybridized carbons (Fsp3) is 0.333. The minimum atomic E-state index is -0.426. The van der Waals surface area contributed by atoms with Gasteiger partial charge in [0.2, 0.25) is 5.89 Å². The van der Waals surface area contributed by atoms with Gasteiger partial charge >= 0.3 is 0 Å². The zero-order valence-corrected chi connectivity index (χ0v) is 10.7. The van der Waals surface area contributed by atoms with Crippen molar-refractivity contribution in [1.82, 2.24) is 15.5 Å². The molecule has 0 bridgehead atoms. The summed E-state index contributed by atoms with van der Waals surface area (Å²) in [6, 6.07) is 4.23. The second-order valence-corrected chi connectivity index (χ2v) is 4.27. The normalized spacial score (nSPS) is 10.8. The lowest BCUT2D eigenvalue weighted by Gasteiger charge is -1.98. The molecule has 1 N–H and O–H groups in total. The number of nitrogens with zero attached hydrogens (tertiary/aromatic N) is 2. The molecule has 0 aliphatic carbocycles. The molecule has 1 aromatic carbocycles. The van der Waals surface area contributed by atoms with Crippen LogP contribution in [0.15, 0.2) is 22.6 Å². The summed E-state index contributed by atoms with van der Waals surface area (Å²) < 4.78 is 19.0. The average molecular weight is 270 g/mol. The van der Waals surface area contributed by atoms with Gasteiger partial charge in [-0.15, -0.1) is 10.2 Å². The highest BCUT2D eigenvalue weighted by atomic mass is 35.5. The molecule has 1 heterocycles. The average Bonchev–Trinajstić information content (AvgIpc) is 2.81. The zero-order valence-electron chi connectivity index (χ0n) is 9.91. The summed E-state index contributed by atoms with van der Waals surface area (Å²) in [5.41, 5.74) is 0.231. The van der Waals surface area contributed by atoms with Crippen molar-refractivity contribution in [2.24, 2.45) is 0 Å². The van der Waals surface area contributed by atoms with Crippen molar-refractivity contribution in [2.75, 3.05) is 13.6 Å². The van der Waals surface area contributed by atoms with Gasteiger partial charge in [0.05, 0.1) is 5.56 Å². The molecule has 2 rings (SSSR count). The van der Waals surface area contributed by atoms with Crippen LogP contribution in [-0.2, 0) is 6.42 Å². The molecule has 0 aliphatic rings. The molecule has 2 aromatic rings. The van der Waals surface area contributed by atoms with Gasteiger partial charge in [-0.05, 0) is 38.2 Å². The number of aryl methyl sites for hydroxylation is 1. The Labute approximate surface area is 109 Å². The van der Waals surface area contributed by atoms with E-state index in [-0.39, 0.29) is 11.5 Å². The van der Waals surface area contributed by atoms with Gasteiger partial charge in [-0.1, -0.05) is 11.6 Å². The van der Waals surface area contributed by atoms with Gasteiger partial charge in [0, 0.05) is 11.4 Å². The van der Waals surface area contributed by atoms with Gasteiger partial charge in [-0.3, -0.25) is 0 Å². The van der Waals surface area contributed by atoms with Crippen molar-refractivity contribution in [3.63, 3.8) is 0 Å². The molecular formula is C12H13ClFN3O. The summed E-state index contributed by atoms with van der Waals surface area (Å²) in [7, 11) is 1.88. The quantitative estimate of drug-likeness (QED) is 0.848. The van der Waals surface area contributed by atoms with E-state index in [9.17, 15) is 4.39 Å². The van der Waals surface area contributed by atoms with E-state index in [1.165, 1.54) is 18.2 Å². The molecule has 0 spiro atoms. The van der Waals surface area contributed by atoms with Crippen LogP contribution in [0.1, 0.15) is 12.3 Å². The maximum atomic E-state index is 13.6. The van der Waals surface area contributed by atoms with E-state index in [0.717, 1.165) is 13.0 Å². The van der Waals surface area contributed by atoms with E-state index in [4.69, 9.17) is 16.0 Å². The second kappa shape index (κ2) is 5.93. The molecule has 18 heavy (non-hydrogen) atoms. The van der Waals surface area contributed by atoms with Crippen LogP contribution in [0.5, 0.6) is 0 Å². The number of hydrogen-bond acceptors (Lipinski definition) is 4. The van der Waals surface area contributed by atoms with E-state index < -0.39 is 5.82 Å². The molecule has 0 amide bonds. The molecule has 0 radical (unpaired) electrons. The maximum absolute atomic E-state index is 13.6. The third-order valence-electron chi connectivity index (χ3n) is 2.44. The van der Waals surface area contributed by atoms with Crippen LogP contribution in [0, 0.1) is 5.82 Å². The third-order valence-corrected chi connectivity index (χ3v) is 2.68. The van der Waals surface area contributed by atoms with E-state index in [0.29, 0.717) is 17.3 Å². The van der Waals surface area contributed by atoms with Crippen molar-refractivity contribution >= 4 is 11.6 Å². The van der Waals surface area contributed by atoms with Crippen LogP contribution in [0.4, 0.5) is 4.39 Å². The Balaban J connectivity index is 2.16. The van der Waals surface area contributed by atoms with Crippen LogP contribution < -0.4 is 5.32 Å². The number of benzene rings is 1. The van der Waals surface area contributed by atoms with E-state index in [2.05, 4.69) is 15.5 Å². The first kappa shape index (κ1) is 13.0. The monoisotopic (exact) mass is 269 g/mol. The zero-order chi connectivity index (χ0) is 13.0. The minimum absolute atomic E-state index is 0.162. The smallest absolute Gasteiger partial charge is 0.250 e. The van der Waals surface area contributed by atoms with Gasteiger partial charge in [0.25, 0.3) is 5.89 Å². The van der Waals surface area contributed by atoms with Crippen LogP contribution in [0.3, 0.4) is 0 Å². The first-order valence-corrected chi connectivity index (χ1v) is 6.01. The highest BCUT2D eigenvalue weighted by Gasteiger charge is 2.13. The Bertz CT molecular complexity index is 530.